The molecule has 0 aromatic heterocycles. The molecular formula is C15H19N. The van der Waals surface area contributed by atoms with Crippen LogP contribution in [0.5, 0.6) is 0 Å². The third-order valence-electron chi connectivity index (χ3n) is 2.24. The predicted molar refractivity (Wildman–Crippen MR) is 70.8 cm³/mol. The Kier molecular flexibility index (Phi) is 6.83. The van der Waals surface area contributed by atoms with Gasteiger partial charge in [0.15, 0.2) is 0 Å². The number of rotatable bonds is 5. The largest absolute Gasteiger partial charge is 0.280 e. The quantitative estimate of drug-likeness (QED) is 0.402. The highest BCUT2D eigenvalue weighted by atomic mass is 14.7. The highest BCUT2D eigenvalue weighted by Crippen LogP contribution is 1.96. The highest BCUT2D eigenvalue weighted by Gasteiger charge is 1.82. The van der Waals surface area contributed by atoms with Crippen LogP contribution in [0.2, 0.25) is 0 Å². The molecule has 16 heavy (non-hydrogen) atoms. The van der Waals surface area contributed by atoms with Gasteiger partial charge < -0.3 is 0 Å². The summed E-state index contributed by atoms with van der Waals surface area (Å²) in [4.78, 5) is 4.26. The van der Waals surface area contributed by atoms with Crippen molar-refractivity contribution in [1.29, 1.82) is 0 Å². The van der Waals surface area contributed by atoms with E-state index in [1.165, 1.54) is 19.3 Å². The van der Waals surface area contributed by atoms with Gasteiger partial charge in [-0.05, 0) is 12.0 Å². The van der Waals surface area contributed by atoms with Crippen LogP contribution in [-0.2, 0) is 0 Å². The Morgan fingerprint density at radius 3 is 2.69 bits per heavy atom. The molecule has 0 atom stereocenters. The summed E-state index contributed by atoms with van der Waals surface area (Å²) in [6, 6.07) is 10.1. The lowest BCUT2D eigenvalue weighted by Gasteiger charge is -1.89. The van der Waals surface area contributed by atoms with Gasteiger partial charge in [-0.1, -0.05) is 56.0 Å². The van der Waals surface area contributed by atoms with E-state index in [0.29, 0.717) is 6.54 Å². The Morgan fingerprint density at radius 2 is 1.94 bits per heavy atom. The minimum absolute atomic E-state index is 0.612. The van der Waals surface area contributed by atoms with Crippen molar-refractivity contribution < 1.29 is 0 Å². The van der Waals surface area contributed by atoms with E-state index in [-0.39, 0.29) is 0 Å². The fraction of sp³-hybridized carbons (Fsp3) is 0.400. The van der Waals surface area contributed by atoms with E-state index in [1.807, 2.05) is 36.5 Å². The van der Waals surface area contributed by atoms with Crippen molar-refractivity contribution in [1.82, 2.24) is 0 Å². The number of benzene rings is 1. The Morgan fingerprint density at radius 1 is 1.12 bits per heavy atom. The zero-order chi connectivity index (χ0) is 11.5. The lowest BCUT2D eigenvalue weighted by atomic mass is 10.2. The first-order valence-corrected chi connectivity index (χ1v) is 5.94. The summed E-state index contributed by atoms with van der Waals surface area (Å²) in [5, 5.41) is 0. The van der Waals surface area contributed by atoms with Crippen LogP contribution >= 0.6 is 0 Å². The fourth-order valence-corrected chi connectivity index (χ4v) is 1.34. The average molecular weight is 213 g/mol. The molecule has 0 bridgehead atoms. The maximum atomic E-state index is 4.26. The first-order valence-electron chi connectivity index (χ1n) is 5.94. The lowest BCUT2D eigenvalue weighted by Crippen LogP contribution is -1.81. The van der Waals surface area contributed by atoms with Gasteiger partial charge in [0.2, 0.25) is 0 Å². The normalized spacial score (nSPS) is 10.1. The Hall–Kier alpha value is -1.55. The Labute approximate surface area is 98.6 Å². The van der Waals surface area contributed by atoms with E-state index in [1.54, 1.807) is 0 Å². The predicted octanol–water partition coefficient (Wildman–Crippen LogP) is 3.69. The topological polar surface area (TPSA) is 12.4 Å². The molecule has 0 saturated heterocycles. The van der Waals surface area contributed by atoms with E-state index >= 15 is 0 Å². The van der Waals surface area contributed by atoms with Crippen molar-refractivity contribution in [3.05, 3.63) is 35.9 Å². The van der Waals surface area contributed by atoms with Gasteiger partial charge in [0.05, 0.1) is 6.54 Å². The summed E-state index contributed by atoms with van der Waals surface area (Å²) >= 11 is 0. The van der Waals surface area contributed by atoms with Crippen LogP contribution in [-0.4, -0.2) is 12.8 Å². The van der Waals surface area contributed by atoms with Gasteiger partial charge in [0.25, 0.3) is 0 Å². The molecule has 1 aromatic rings. The first-order chi connectivity index (χ1) is 7.93. The molecule has 0 N–H and O–H groups in total. The molecule has 0 fully saturated rings. The van der Waals surface area contributed by atoms with Crippen molar-refractivity contribution in [2.75, 3.05) is 6.54 Å². The molecule has 0 spiro atoms. The second-order valence-corrected chi connectivity index (χ2v) is 3.69. The van der Waals surface area contributed by atoms with Gasteiger partial charge in [-0.25, -0.2) is 0 Å². The van der Waals surface area contributed by atoms with Crippen LogP contribution < -0.4 is 0 Å². The number of unbranched alkanes of at least 4 members (excludes halogenated alkanes) is 3. The van der Waals surface area contributed by atoms with E-state index in [4.69, 9.17) is 0 Å². The molecule has 0 aliphatic rings. The number of hydrogen-bond acceptors (Lipinski definition) is 1. The second-order valence-electron chi connectivity index (χ2n) is 3.69. The minimum Gasteiger partial charge on any atom is -0.280 e. The lowest BCUT2D eigenvalue weighted by molar-refractivity contribution is 0.737. The molecule has 1 heteroatoms. The van der Waals surface area contributed by atoms with Crippen molar-refractivity contribution in [2.24, 2.45) is 4.99 Å². The van der Waals surface area contributed by atoms with E-state index in [9.17, 15) is 0 Å². The van der Waals surface area contributed by atoms with Crippen LogP contribution in [0.4, 0.5) is 0 Å². The molecule has 0 saturated carbocycles. The summed E-state index contributed by atoms with van der Waals surface area (Å²) < 4.78 is 0. The van der Waals surface area contributed by atoms with Gasteiger partial charge >= 0.3 is 0 Å². The average Bonchev–Trinajstić information content (AvgIpc) is 2.34. The number of hydrogen-bond donors (Lipinski definition) is 0. The zero-order valence-corrected chi connectivity index (χ0v) is 9.95. The van der Waals surface area contributed by atoms with Crippen molar-refractivity contribution >= 4 is 6.21 Å². The maximum absolute atomic E-state index is 4.26. The molecule has 0 aliphatic heterocycles. The van der Waals surface area contributed by atoms with Crippen molar-refractivity contribution in [3.8, 4) is 11.8 Å². The summed E-state index contributed by atoms with van der Waals surface area (Å²) in [7, 11) is 0. The molecule has 0 heterocycles. The molecule has 0 unspecified atom stereocenters. The molecule has 1 nitrogen and oxygen atoms in total. The third kappa shape index (κ3) is 6.03. The van der Waals surface area contributed by atoms with Crippen LogP contribution in [0, 0.1) is 11.8 Å². The Bertz CT molecular complexity index is 354. The van der Waals surface area contributed by atoms with Crippen LogP contribution in [0.3, 0.4) is 0 Å². The maximum Gasteiger partial charge on any atom is 0.0997 e. The fourth-order valence-electron chi connectivity index (χ4n) is 1.34. The monoisotopic (exact) mass is 213 g/mol. The van der Waals surface area contributed by atoms with Crippen molar-refractivity contribution in [3.63, 3.8) is 0 Å². The molecule has 1 aromatic carbocycles. The number of nitrogens with zero attached hydrogens (tertiary/aromatic N) is 1. The SMILES string of the molecule is CCCCCC#CC/N=C/c1ccccc1. The summed E-state index contributed by atoms with van der Waals surface area (Å²) in [5.41, 5.74) is 1.13. The minimum atomic E-state index is 0.612. The highest BCUT2D eigenvalue weighted by molar-refractivity contribution is 5.79. The molecule has 84 valence electrons. The van der Waals surface area contributed by atoms with E-state index in [0.717, 1.165) is 12.0 Å². The zero-order valence-electron chi connectivity index (χ0n) is 9.95. The second kappa shape index (κ2) is 8.73. The van der Waals surface area contributed by atoms with Gasteiger partial charge in [-0.3, -0.25) is 4.99 Å². The van der Waals surface area contributed by atoms with Crippen LogP contribution in [0.1, 0.15) is 38.2 Å². The molecule has 0 aliphatic carbocycles. The first kappa shape index (κ1) is 12.5. The van der Waals surface area contributed by atoms with Crippen LogP contribution in [0.15, 0.2) is 35.3 Å². The van der Waals surface area contributed by atoms with Crippen LogP contribution in [0.25, 0.3) is 0 Å². The van der Waals surface area contributed by atoms with Gasteiger partial charge in [0, 0.05) is 12.6 Å². The van der Waals surface area contributed by atoms with Gasteiger partial charge in [-0.2, -0.15) is 0 Å². The molecular weight excluding hydrogens is 194 g/mol. The van der Waals surface area contributed by atoms with Crippen molar-refractivity contribution in [2.45, 2.75) is 32.6 Å². The summed E-state index contributed by atoms with van der Waals surface area (Å²) in [5.74, 6) is 6.21. The van der Waals surface area contributed by atoms with E-state index < -0.39 is 0 Å². The third-order valence-corrected chi connectivity index (χ3v) is 2.24. The Balaban J connectivity index is 2.17. The molecule has 1 rings (SSSR count). The molecule has 0 radical (unpaired) electrons. The van der Waals surface area contributed by atoms with Gasteiger partial charge in [-0.15, -0.1) is 5.92 Å². The summed E-state index contributed by atoms with van der Waals surface area (Å²) in [6.45, 7) is 2.82. The summed E-state index contributed by atoms with van der Waals surface area (Å²) in [6.07, 6.45) is 6.64. The number of aliphatic imine (C=N–C) groups is 1. The van der Waals surface area contributed by atoms with E-state index in [2.05, 4.69) is 23.8 Å². The molecule has 0 amide bonds. The van der Waals surface area contributed by atoms with Gasteiger partial charge in [0.1, 0.15) is 0 Å². The standard InChI is InChI=1S/C15H19N/c1-2-3-4-5-6-10-13-16-14-15-11-8-7-9-12-15/h7-9,11-12,14H,2-5,13H2,1H3/b16-14+. The smallest absolute Gasteiger partial charge is 0.0997 e.